The molecule has 0 aliphatic carbocycles. The highest BCUT2D eigenvalue weighted by Crippen LogP contribution is 2.41. The zero-order valence-electron chi connectivity index (χ0n) is 12.5. The Morgan fingerprint density at radius 3 is 2.79 bits per heavy atom. The Morgan fingerprint density at radius 2 is 2.17 bits per heavy atom. The minimum atomic E-state index is -4.24. The van der Waals surface area contributed by atoms with E-state index in [-0.39, 0.29) is 25.3 Å². The third kappa shape index (κ3) is 4.87. The van der Waals surface area contributed by atoms with Crippen LogP contribution in [0.4, 0.5) is 27.8 Å². The van der Waals surface area contributed by atoms with E-state index >= 15 is 0 Å². The van der Waals surface area contributed by atoms with Crippen molar-refractivity contribution < 1.29 is 26.7 Å². The minimum Gasteiger partial charge on any atom is -0.383 e. The minimum absolute atomic E-state index is 0.0268. The van der Waals surface area contributed by atoms with Gasteiger partial charge in [0.25, 0.3) is 5.92 Å². The number of hydrogen-bond donors (Lipinski definition) is 2. The van der Waals surface area contributed by atoms with Gasteiger partial charge in [0.05, 0.1) is 6.10 Å². The lowest BCUT2D eigenvalue weighted by Gasteiger charge is -2.19. The molecular formula is C13H17F5N4O2. The van der Waals surface area contributed by atoms with Crippen LogP contribution < -0.4 is 16.7 Å². The molecule has 1 saturated heterocycles. The Kier molecular flexibility index (Phi) is 5.43. The molecule has 2 heterocycles. The van der Waals surface area contributed by atoms with Crippen LogP contribution in [0, 0.1) is 0 Å². The van der Waals surface area contributed by atoms with Gasteiger partial charge in [-0.05, 0) is 19.0 Å². The van der Waals surface area contributed by atoms with Gasteiger partial charge in [0, 0.05) is 25.6 Å². The van der Waals surface area contributed by atoms with E-state index < -0.39 is 43.0 Å². The summed E-state index contributed by atoms with van der Waals surface area (Å²) in [6.07, 6.45) is -7.68. The zero-order chi connectivity index (χ0) is 18.0. The average Bonchev–Trinajstić information content (AvgIpc) is 2.72. The molecule has 6 nitrogen and oxygen atoms in total. The summed E-state index contributed by atoms with van der Waals surface area (Å²) < 4.78 is 69.9. The highest BCUT2D eigenvalue weighted by atomic mass is 19.4. The van der Waals surface area contributed by atoms with Crippen molar-refractivity contribution >= 4 is 5.82 Å². The number of ether oxygens (including phenoxy) is 1. The molecule has 1 aliphatic heterocycles. The maximum Gasteiger partial charge on any atom is 0.389 e. The van der Waals surface area contributed by atoms with Crippen LogP contribution in [-0.4, -0.2) is 40.8 Å². The first-order chi connectivity index (χ1) is 11.1. The van der Waals surface area contributed by atoms with Crippen LogP contribution in [-0.2, 0) is 4.74 Å². The molecule has 0 amide bonds. The van der Waals surface area contributed by atoms with Gasteiger partial charge in [-0.3, -0.25) is 4.57 Å². The Labute approximate surface area is 133 Å². The van der Waals surface area contributed by atoms with Crippen LogP contribution >= 0.6 is 0 Å². The number of anilines is 1. The summed E-state index contributed by atoms with van der Waals surface area (Å²) in [5.41, 5.74) is 4.34. The Hall–Kier alpha value is -1.75. The summed E-state index contributed by atoms with van der Waals surface area (Å²) in [4.78, 5) is 15.0. The highest BCUT2D eigenvalue weighted by Gasteiger charge is 2.51. The van der Waals surface area contributed by atoms with Crippen LogP contribution in [0.25, 0.3) is 0 Å². The first-order valence-corrected chi connectivity index (χ1v) is 7.24. The van der Waals surface area contributed by atoms with Crippen molar-refractivity contribution in [2.45, 2.75) is 43.7 Å². The van der Waals surface area contributed by atoms with Gasteiger partial charge in [-0.1, -0.05) is 0 Å². The molecule has 0 bridgehead atoms. The standard InChI is InChI=1S/C13H17F5N4O2/c14-12(15)6-8(7-20-4-1-3-13(16,17)18)24-10(12)22-5-2-9(19)21-11(22)23/h2,5,8,10,20H,1,3-4,6-7H2,(H2,19,21,23)/t8-,10+/m0/s1. The number of halogens is 5. The molecule has 0 saturated carbocycles. The number of nitrogens with two attached hydrogens (primary N) is 1. The molecule has 2 rings (SSSR count). The van der Waals surface area contributed by atoms with Gasteiger partial charge in [0.1, 0.15) is 5.82 Å². The normalized spacial score (nSPS) is 23.5. The lowest BCUT2D eigenvalue weighted by Crippen LogP contribution is -2.35. The van der Waals surface area contributed by atoms with E-state index in [2.05, 4.69) is 10.3 Å². The Bertz CT molecular complexity index is 619. The van der Waals surface area contributed by atoms with Crippen molar-refractivity contribution in [1.29, 1.82) is 0 Å². The van der Waals surface area contributed by atoms with Crippen LogP contribution in [0.15, 0.2) is 17.1 Å². The first kappa shape index (κ1) is 18.6. The summed E-state index contributed by atoms with van der Waals surface area (Å²) in [5, 5.41) is 2.65. The van der Waals surface area contributed by atoms with E-state index in [1.807, 2.05) is 0 Å². The van der Waals surface area contributed by atoms with Crippen molar-refractivity contribution in [2.24, 2.45) is 0 Å². The highest BCUT2D eigenvalue weighted by molar-refractivity contribution is 5.23. The summed E-state index contributed by atoms with van der Waals surface area (Å²) >= 11 is 0. The van der Waals surface area contributed by atoms with Gasteiger partial charge >= 0.3 is 11.9 Å². The second-order valence-electron chi connectivity index (χ2n) is 5.54. The monoisotopic (exact) mass is 356 g/mol. The fraction of sp³-hybridized carbons (Fsp3) is 0.692. The number of rotatable bonds is 6. The van der Waals surface area contributed by atoms with Gasteiger partial charge in [-0.15, -0.1) is 0 Å². The van der Waals surface area contributed by atoms with Gasteiger partial charge in [-0.2, -0.15) is 18.2 Å². The Balaban J connectivity index is 1.89. The van der Waals surface area contributed by atoms with Crippen molar-refractivity contribution in [1.82, 2.24) is 14.9 Å². The molecule has 2 atom stereocenters. The fourth-order valence-corrected chi connectivity index (χ4v) is 2.40. The van der Waals surface area contributed by atoms with E-state index in [0.29, 0.717) is 4.57 Å². The molecule has 1 fully saturated rings. The van der Waals surface area contributed by atoms with Gasteiger partial charge < -0.3 is 15.8 Å². The molecular weight excluding hydrogens is 339 g/mol. The quantitative estimate of drug-likeness (QED) is 0.599. The average molecular weight is 356 g/mol. The maximum atomic E-state index is 14.0. The molecule has 24 heavy (non-hydrogen) atoms. The van der Waals surface area contributed by atoms with Crippen molar-refractivity contribution in [3.63, 3.8) is 0 Å². The molecule has 0 aromatic carbocycles. The van der Waals surface area contributed by atoms with Crippen LogP contribution in [0.1, 0.15) is 25.5 Å². The predicted octanol–water partition coefficient (Wildman–Crippen LogP) is 1.68. The van der Waals surface area contributed by atoms with Crippen LogP contribution in [0.5, 0.6) is 0 Å². The maximum absolute atomic E-state index is 14.0. The third-order valence-electron chi connectivity index (χ3n) is 3.47. The summed E-state index contributed by atoms with van der Waals surface area (Å²) in [7, 11) is 0. The number of nitrogen functional groups attached to an aromatic ring is 1. The molecule has 0 radical (unpaired) electrons. The lowest BCUT2D eigenvalue weighted by molar-refractivity contribution is -0.135. The smallest absolute Gasteiger partial charge is 0.383 e. The molecule has 0 unspecified atom stereocenters. The van der Waals surface area contributed by atoms with Gasteiger partial charge in [0.15, 0.2) is 0 Å². The fourth-order valence-electron chi connectivity index (χ4n) is 2.40. The second-order valence-corrected chi connectivity index (χ2v) is 5.54. The SMILES string of the molecule is Nc1ccn([C@@H]2O[C@H](CNCCCC(F)(F)F)CC2(F)F)c(=O)n1. The Morgan fingerprint density at radius 1 is 1.46 bits per heavy atom. The van der Waals surface area contributed by atoms with E-state index in [0.717, 1.165) is 6.20 Å². The summed E-state index contributed by atoms with van der Waals surface area (Å²) in [6.45, 7) is -0.0138. The van der Waals surface area contributed by atoms with Crippen molar-refractivity contribution in [3.8, 4) is 0 Å². The first-order valence-electron chi connectivity index (χ1n) is 7.24. The molecule has 11 heteroatoms. The second kappa shape index (κ2) is 7.01. The van der Waals surface area contributed by atoms with Crippen molar-refractivity contribution in [2.75, 3.05) is 18.8 Å². The van der Waals surface area contributed by atoms with Crippen LogP contribution in [0.3, 0.4) is 0 Å². The zero-order valence-corrected chi connectivity index (χ0v) is 12.5. The molecule has 3 N–H and O–H groups in total. The van der Waals surface area contributed by atoms with E-state index in [1.54, 1.807) is 0 Å². The van der Waals surface area contributed by atoms with Gasteiger partial charge in [0.2, 0.25) is 6.23 Å². The van der Waals surface area contributed by atoms with E-state index in [9.17, 15) is 26.7 Å². The number of hydrogen-bond acceptors (Lipinski definition) is 5. The lowest BCUT2D eigenvalue weighted by atomic mass is 10.1. The van der Waals surface area contributed by atoms with Gasteiger partial charge in [-0.25, -0.2) is 13.6 Å². The number of nitrogens with one attached hydrogen (secondary N) is 1. The van der Waals surface area contributed by atoms with E-state index in [1.165, 1.54) is 6.07 Å². The molecule has 1 aromatic heterocycles. The molecule has 1 aromatic rings. The van der Waals surface area contributed by atoms with Crippen molar-refractivity contribution in [3.05, 3.63) is 22.7 Å². The predicted molar refractivity (Wildman–Crippen MR) is 74.5 cm³/mol. The molecule has 1 aliphatic rings. The summed E-state index contributed by atoms with van der Waals surface area (Å²) in [6, 6.07) is 1.20. The molecule has 136 valence electrons. The van der Waals surface area contributed by atoms with E-state index in [4.69, 9.17) is 10.5 Å². The summed E-state index contributed by atoms with van der Waals surface area (Å²) in [5.74, 6) is -3.40. The number of nitrogens with zero attached hydrogens (tertiary/aromatic N) is 2. The number of alkyl halides is 5. The largest absolute Gasteiger partial charge is 0.389 e. The molecule has 0 spiro atoms. The number of aromatic nitrogens is 2. The topological polar surface area (TPSA) is 82.2 Å². The third-order valence-corrected chi connectivity index (χ3v) is 3.47. The van der Waals surface area contributed by atoms with Crippen LogP contribution in [0.2, 0.25) is 0 Å².